The molecule has 3 heterocycles. The fourth-order valence-electron chi connectivity index (χ4n) is 4.39. The summed E-state index contributed by atoms with van der Waals surface area (Å²) in [6, 6.07) is 15.2. The number of aromatic nitrogens is 3. The largest absolute Gasteiger partial charge is 0.416 e. The van der Waals surface area contributed by atoms with Gasteiger partial charge in [0.15, 0.2) is 0 Å². The second-order valence-electron chi connectivity index (χ2n) is 8.82. The molecule has 0 radical (unpaired) electrons. The zero-order chi connectivity index (χ0) is 25.8. The highest BCUT2D eigenvalue weighted by atomic mass is 19.4. The van der Waals surface area contributed by atoms with Gasteiger partial charge in [-0.1, -0.05) is 12.1 Å². The number of carbonyl (C=O) groups excluding carboxylic acids is 1. The summed E-state index contributed by atoms with van der Waals surface area (Å²) in [6.45, 7) is 1.88. The van der Waals surface area contributed by atoms with Crippen molar-refractivity contribution >= 4 is 17.4 Å². The van der Waals surface area contributed by atoms with Crippen LogP contribution in [0.4, 0.5) is 29.3 Å². The molecule has 0 spiro atoms. The van der Waals surface area contributed by atoms with Crippen LogP contribution in [-0.4, -0.2) is 33.9 Å². The van der Waals surface area contributed by atoms with Gasteiger partial charge in [0.25, 0.3) is 0 Å². The van der Waals surface area contributed by atoms with Crippen molar-refractivity contribution in [2.75, 3.05) is 23.7 Å². The van der Waals surface area contributed by atoms with Crippen LogP contribution in [0.1, 0.15) is 24.4 Å². The van der Waals surface area contributed by atoms with Crippen LogP contribution < -0.4 is 16.0 Å². The molecule has 2 aromatic carbocycles. The lowest BCUT2D eigenvalue weighted by atomic mass is 10.0. The molecule has 37 heavy (non-hydrogen) atoms. The summed E-state index contributed by atoms with van der Waals surface area (Å²) >= 11 is 0. The monoisotopic (exact) mass is 506 g/mol. The van der Waals surface area contributed by atoms with E-state index in [0.29, 0.717) is 11.7 Å². The number of urea groups is 1. The number of hydrogen-bond donors (Lipinski definition) is 3. The molecule has 1 saturated heterocycles. The van der Waals surface area contributed by atoms with E-state index in [4.69, 9.17) is 5.10 Å². The second-order valence-corrected chi connectivity index (χ2v) is 8.82. The van der Waals surface area contributed by atoms with E-state index >= 15 is 0 Å². The average Bonchev–Trinajstić information content (AvgIpc) is 3.35. The normalized spacial score (nSPS) is 14.4. The van der Waals surface area contributed by atoms with Crippen LogP contribution in [0.2, 0.25) is 0 Å². The van der Waals surface area contributed by atoms with E-state index in [1.165, 1.54) is 12.1 Å². The summed E-state index contributed by atoms with van der Waals surface area (Å²) in [6.07, 6.45) is 3.09. The number of nitrogens with zero attached hydrogens (tertiary/aromatic N) is 3. The van der Waals surface area contributed by atoms with E-state index < -0.39 is 17.8 Å². The number of amides is 2. The maximum atomic E-state index is 12.8. The molecule has 0 atom stereocenters. The quantitative estimate of drug-likeness (QED) is 0.301. The number of nitrogens with one attached hydrogen (secondary N) is 3. The molecule has 4 aromatic rings. The Labute approximate surface area is 211 Å². The van der Waals surface area contributed by atoms with Gasteiger partial charge in [-0.15, -0.1) is 0 Å². The number of alkyl halides is 3. The maximum absolute atomic E-state index is 12.8. The number of carbonyl (C=O) groups is 1. The Balaban J connectivity index is 1.37. The number of benzene rings is 2. The topological polar surface area (TPSA) is 83.9 Å². The molecule has 3 N–H and O–H groups in total. The third kappa shape index (κ3) is 5.80. The Kier molecular flexibility index (Phi) is 6.91. The van der Waals surface area contributed by atoms with Gasteiger partial charge in [-0.05, 0) is 80.0 Å². The average molecular weight is 507 g/mol. The summed E-state index contributed by atoms with van der Waals surface area (Å²) in [7, 11) is 0. The predicted molar refractivity (Wildman–Crippen MR) is 136 cm³/mol. The number of pyridine rings is 1. The zero-order valence-electron chi connectivity index (χ0n) is 19.8. The van der Waals surface area contributed by atoms with Crippen LogP contribution in [0.5, 0.6) is 0 Å². The molecule has 0 unspecified atom stereocenters. The molecule has 2 amide bonds. The van der Waals surface area contributed by atoms with E-state index in [0.717, 1.165) is 60.4 Å². The lowest BCUT2D eigenvalue weighted by molar-refractivity contribution is -0.137. The molecule has 0 bridgehead atoms. The van der Waals surface area contributed by atoms with E-state index in [1.54, 1.807) is 18.5 Å². The van der Waals surface area contributed by atoms with Crippen LogP contribution in [0, 0.1) is 0 Å². The van der Waals surface area contributed by atoms with Gasteiger partial charge in [-0.2, -0.15) is 18.3 Å². The molecular formula is C27H25F3N6O. The summed E-state index contributed by atoms with van der Waals surface area (Å²) in [5.74, 6) is 0. The summed E-state index contributed by atoms with van der Waals surface area (Å²) < 4.78 is 40.4. The first-order chi connectivity index (χ1) is 17.9. The number of anilines is 2. The third-order valence-electron chi connectivity index (χ3n) is 6.27. The van der Waals surface area contributed by atoms with E-state index in [9.17, 15) is 18.0 Å². The molecule has 1 aliphatic heterocycles. The van der Waals surface area contributed by atoms with Crippen molar-refractivity contribution in [3.63, 3.8) is 0 Å². The van der Waals surface area contributed by atoms with Gasteiger partial charge >= 0.3 is 12.2 Å². The fraction of sp³-hybridized carbons (Fsp3) is 0.222. The number of hydrogen-bond acceptors (Lipinski definition) is 4. The molecule has 2 aromatic heterocycles. The van der Waals surface area contributed by atoms with Crippen LogP contribution in [0.25, 0.3) is 22.4 Å². The Morgan fingerprint density at radius 1 is 0.919 bits per heavy atom. The van der Waals surface area contributed by atoms with Crippen molar-refractivity contribution in [1.29, 1.82) is 0 Å². The van der Waals surface area contributed by atoms with Gasteiger partial charge in [0, 0.05) is 41.1 Å². The second kappa shape index (κ2) is 10.4. The molecule has 10 heteroatoms. The molecule has 7 nitrogen and oxygen atoms in total. The molecule has 1 aliphatic rings. The zero-order valence-corrected chi connectivity index (χ0v) is 19.8. The number of halogens is 3. The van der Waals surface area contributed by atoms with Gasteiger partial charge in [-0.25, -0.2) is 4.79 Å². The first-order valence-corrected chi connectivity index (χ1v) is 11.9. The highest BCUT2D eigenvalue weighted by molar-refractivity contribution is 6.00. The lowest BCUT2D eigenvalue weighted by Gasteiger charge is -2.22. The van der Waals surface area contributed by atoms with Crippen molar-refractivity contribution in [3.8, 4) is 22.4 Å². The Bertz CT molecular complexity index is 1360. The molecule has 1 fully saturated rings. The number of piperidine rings is 1. The van der Waals surface area contributed by atoms with Crippen molar-refractivity contribution < 1.29 is 18.0 Å². The standard InChI is InChI=1S/C27H25F3N6O/c28-27(29,30)20-4-6-21(7-5-20)33-26(37)34-22-3-1-2-19(16-22)25-24(18-8-12-31-13-9-18)17-36(35-25)23-10-14-32-15-11-23/h1-9,12-13,16-17,23,32H,10-11,14-15H2,(H2,33,34,37). The Morgan fingerprint density at radius 3 is 2.32 bits per heavy atom. The SMILES string of the molecule is O=C(Nc1ccc(C(F)(F)F)cc1)Nc1cccc(-c2nn(C3CCNCC3)cc2-c2ccncc2)c1. The van der Waals surface area contributed by atoms with Gasteiger partial charge in [0.05, 0.1) is 11.6 Å². The minimum Gasteiger partial charge on any atom is -0.317 e. The van der Waals surface area contributed by atoms with E-state index in [2.05, 4.69) is 27.1 Å². The van der Waals surface area contributed by atoms with Crippen molar-refractivity contribution in [3.05, 3.63) is 84.8 Å². The van der Waals surface area contributed by atoms with Crippen LogP contribution in [-0.2, 0) is 6.18 Å². The summed E-state index contributed by atoms with van der Waals surface area (Å²) in [5, 5.41) is 13.6. The Hall–Kier alpha value is -4.18. The van der Waals surface area contributed by atoms with Crippen molar-refractivity contribution in [2.24, 2.45) is 0 Å². The minimum absolute atomic E-state index is 0.252. The van der Waals surface area contributed by atoms with Crippen molar-refractivity contribution in [1.82, 2.24) is 20.1 Å². The lowest BCUT2D eigenvalue weighted by Crippen LogP contribution is -2.29. The molecule has 5 rings (SSSR count). The van der Waals surface area contributed by atoms with Gasteiger partial charge in [0.2, 0.25) is 0 Å². The summed E-state index contributed by atoms with van der Waals surface area (Å²) in [5.41, 5.74) is 3.57. The first-order valence-electron chi connectivity index (χ1n) is 11.9. The van der Waals surface area contributed by atoms with Crippen molar-refractivity contribution in [2.45, 2.75) is 25.1 Å². The smallest absolute Gasteiger partial charge is 0.317 e. The van der Waals surface area contributed by atoms with E-state index in [-0.39, 0.29) is 5.69 Å². The molecule has 0 saturated carbocycles. The van der Waals surface area contributed by atoms with Crippen LogP contribution in [0.3, 0.4) is 0 Å². The molecule has 190 valence electrons. The van der Waals surface area contributed by atoms with Crippen LogP contribution >= 0.6 is 0 Å². The summed E-state index contributed by atoms with van der Waals surface area (Å²) in [4.78, 5) is 16.7. The third-order valence-corrected chi connectivity index (χ3v) is 6.27. The minimum atomic E-state index is -4.43. The predicted octanol–water partition coefficient (Wildman–Crippen LogP) is 6.20. The molecule has 0 aliphatic carbocycles. The highest BCUT2D eigenvalue weighted by Gasteiger charge is 2.30. The van der Waals surface area contributed by atoms with Gasteiger partial charge < -0.3 is 16.0 Å². The molecular weight excluding hydrogens is 481 g/mol. The maximum Gasteiger partial charge on any atom is 0.416 e. The Morgan fingerprint density at radius 2 is 1.62 bits per heavy atom. The van der Waals surface area contributed by atoms with Crippen LogP contribution in [0.15, 0.2) is 79.3 Å². The van der Waals surface area contributed by atoms with Gasteiger partial charge in [0.1, 0.15) is 5.69 Å². The van der Waals surface area contributed by atoms with E-state index in [1.807, 2.05) is 35.0 Å². The fourth-order valence-corrected chi connectivity index (χ4v) is 4.39. The highest BCUT2D eigenvalue weighted by Crippen LogP contribution is 2.34. The number of rotatable bonds is 5. The van der Waals surface area contributed by atoms with Gasteiger partial charge in [-0.3, -0.25) is 9.67 Å². The first kappa shape index (κ1) is 24.5.